The molecule has 0 aromatic carbocycles. The Hall–Kier alpha value is -0.790. The molecule has 0 aromatic rings. The highest BCUT2D eigenvalue weighted by atomic mass is 16.3. The van der Waals surface area contributed by atoms with Gasteiger partial charge in [0.2, 0.25) is 0 Å². The van der Waals surface area contributed by atoms with E-state index in [2.05, 4.69) is 6.92 Å². The van der Waals surface area contributed by atoms with Crippen molar-refractivity contribution in [3.8, 4) is 0 Å². The lowest BCUT2D eigenvalue weighted by Crippen LogP contribution is -1.97. The van der Waals surface area contributed by atoms with E-state index < -0.39 is 0 Å². The van der Waals surface area contributed by atoms with Crippen molar-refractivity contribution < 1.29 is 9.90 Å². The fourth-order valence-electron chi connectivity index (χ4n) is 0.933. The van der Waals surface area contributed by atoms with E-state index in [1.165, 1.54) is 6.92 Å². The zero-order chi connectivity index (χ0) is 9.56. The van der Waals surface area contributed by atoms with Gasteiger partial charge < -0.3 is 5.11 Å². The second kappa shape index (κ2) is 5.81. The van der Waals surface area contributed by atoms with Crippen LogP contribution in [0.4, 0.5) is 0 Å². The number of ketones is 1. The van der Waals surface area contributed by atoms with E-state index in [0.717, 1.165) is 19.3 Å². The molecule has 0 saturated carbocycles. The average Bonchev–Trinajstić information content (AvgIpc) is 2.03. The fourth-order valence-corrected chi connectivity index (χ4v) is 0.933. The number of rotatable bonds is 5. The van der Waals surface area contributed by atoms with Crippen LogP contribution >= 0.6 is 0 Å². The van der Waals surface area contributed by atoms with Crippen molar-refractivity contribution >= 4 is 5.78 Å². The first-order valence-electron chi connectivity index (χ1n) is 4.49. The minimum absolute atomic E-state index is 0.0380. The number of aliphatic hydroxyl groups is 1. The molecule has 0 heterocycles. The smallest absolute Gasteiger partial charge is 0.158 e. The monoisotopic (exact) mass is 170 g/mol. The van der Waals surface area contributed by atoms with Crippen molar-refractivity contribution in [2.24, 2.45) is 0 Å². The summed E-state index contributed by atoms with van der Waals surface area (Å²) >= 11 is 0. The summed E-state index contributed by atoms with van der Waals surface area (Å²) in [6, 6.07) is 0. The topological polar surface area (TPSA) is 37.3 Å². The third-order valence-corrected chi connectivity index (χ3v) is 1.98. The number of unbranched alkanes of at least 4 members (excludes halogenated alkanes) is 2. The second-order valence-corrected chi connectivity index (χ2v) is 3.08. The molecule has 0 aliphatic carbocycles. The van der Waals surface area contributed by atoms with Crippen LogP contribution in [0.2, 0.25) is 0 Å². The van der Waals surface area contributed by atoms with Gasteiger partial charge in [0.25, 0.3) is 0 Å². The first-order chi connectivity index (χ1) is 5.59. The van der Waals surface area contributed by atoms with Gasteiger partial charge in [-0.25, -0.2) is 0 Å². The third-order valence-electron chi connectivity index (χ3n) is 1.98. The highest BCUT2D eigenvalue weighted by molar-refractivity contribution is 5.92. The molecule has 0 fully saturated rings. The molecule has 1 N–H and O–H groups in total. The molecule has 12 heavy (non-hydrogen) atoms. The van der Waals surface area contributed by atoms with Gasteiger partial charge in [0.15, 0.2) is 5.78 Å². The molecule has 0 atom stereocenters. The van der Waals surface area contributed by atoms with Crippen molar-refractivity contribution in [1.82, 2.24) is 0 Å². The van der Waals surface area contributed by atoms with Gasteiger partial charge in [-0.1, -0.05) is 19.8 Å². The summed E-state index contributed by atoms with van der Waals surface area (Å²) < 4.78 is 0. The molecule has 0 radical (unpaired) electrons. The van der Waals surface area contributed by atoms with Crippen molar-refractivity contribution in [3.05, 3.63) is 11.3 Å². The Labute approximate surface area is 74.3 Å². The molecule has 70 valence electrons. The van der Waals surface area contributed by atoms with E-state index in [-0.39, 0.29) is 11.5 Å². The standard InChI is InChI=1S/C10H18O2/c1-4-5-6-7-10(12)8(2)9(3)11/h12H,4-7H2,1-3H3/b10-8-. The van der Waals surface area contributed by atoms with Crippen LogP contribution in [-0.4, -0.2) is 10.9 Å². The largest absolute Gasteiger partial charge is 0.512 e. The van der Waals surface area contributed by atoms with Crippen LogP contribution in [0, 0.1) is 0 Å². The van der Waals surface area contributed by atoms with Gasteiger partial charge in [-0.05, 0) is 20.3 Å². The summed E-state index contributed by atoms with van der Waals surface area (Å²) in [4.78, 5) is 10.8. The highest BCUT2D eigenvalue weighted by Gasteiger charge is 2.03. The molecule has 2 heteroatoms. The molecule has 2 nitrogen and oxygen atoms in total. The van der Waals surface area contributed by atoms with Gasteiger partial charge in [0.1, 0.15) is 0 Å². The van der Waals surface area contributed by atoms with Gasteiger partial charge in [-0.15, -0.1) is 0 Å². The summed E-state index contributed by atoms with van der Waals surface area (Å²) in [6.07, 6.45) is 3.84. The number of allylic oxidation sites excluding steroid dienone is 2. The van der Waals surface area contributed by atoms with E-state index in [4.69, 9.17) is 0 Å². The predicted molar refractivity (Wildman–Crippen MR) is 50.2 cm³/mol. The number of carbonyl (C=O) groups is 1. The maximum atomic E-state index is 10.8. The van der Waals surface area contributed by atoms with Crippen LogP contribution < -0.4 is 0 Å². The highest BCUT2D eigenvalue weighted by Crippen LogP contribution is 2.10. The van der Waals surface area contributed by atoms with Crippen LogP contribution in [0.1, 0.15) is 46.5 Å². The lowest BCUT2D eigenvalue weighted by atomic mass is 10.1. The SMILES string of the molecule is CCCCC/C(O)=C(\C)C(C)=O. The summed E-state index contributed by atoms with van der Waals surface area (Å²) in [5.41, 5.74) is 0.506. The van der Waals surface area contributed by atoms with Crippen molar-refractivity contribution in [2.75, 3.05) is 0 Å². The molecule has 0 amide bonds. The van der Waals surface area contributed by atoms with Crippen LogP contribution in [0.5, 0.6) is 0 Å². The number of Topliss-reactive ketones (excluding diaryl/α,β-unsaturated/α-hetero) is 1. The van der Waals surface area contributed by atoms with Crippen molar-refractivity contribution in [3.63, 3.8) is 0 Å². The van der Waals surface area contributed by atoms with Crippen LogP contribution in [-0.2, 0) is 4.79 Å². The Morgan fingerprint density at radius 2 is 1.83 bits per heavy atom. The fraction of sp³-hybridized carbons (Fsp3) is 0.700. The van der Waals surface area contributed by atoms with E-state index >= 15 is 0 Å². The molecule has 0 aliphatic rings. The Morgan fingerprint density at radius 3 is 2.25 bits per heavy atom. The van der Waals surface area contributed by atoms with Crippen LogP contribution in [0.15, 0.2) is 11.3 Å². The second-order valence-electron chi connectivity index (χ2n) is 3.08. The van der Waals surface area contributed by atoms with Crippen molar-refractivity contribution in [2.45, 2.75) is 46.5 Å². The maximum absolute atomic E-state index is 10.8. The molecule has 0 aliphatic heterocycles. The summed E-state index contributed by atoms with van der Waals surface area (Å²) in [5, 5.41) is 9.37. The minimum atomic E-state index is -0.0380. The Bertz CT molecular complexity index is 180. The lowest BCUT2D eigenvalue weighted by molar-refractivity contribution is -0.113. The normalized spacial score (nSPS) is 12.6. The van der Waals surface area contributed by atoms with Crippen molar-refractivity contribution in [1.29, 1.82) is 0 Å². The molecule has 0 unspecified atom stereocenters. The molecule has 0 aromatic heterocycles. The quantitative estimate of drug-likeness (QED) is 0.391. The Balaban J connectivity index is 3.91. The molecule has 0 saturated heterocycles. The molecule has 0 spiro atoms. The third kappa shape index (κ3) is 4.16. The van der Waals surface area contributed by atoms with Gasteiger partial charge in [0, 0.05) is 12.0 Å². The number of carbonyl (C=O) groups excluding carboxylic acids is 1. The predicted octanol–water partition coefficient (Wildman–Crippen LogP) is 2.99. The number of aliphatic hydroxyl groups excluding tert-OH is 1. The van der Waals surface area contributed by atoms with E-state index in [1.807, 2.05) is 0 Å². The van der Waals surface area contributed by atoms with Gasteiger partial charge in [0.05, 0.1) is 5.76 Å². The van der Waals surface area contributed by atoms with E-state index in [1.54, 1.807) is 6.92 Å². The number of hydrogen-bond donors (Lipinski definition) is 1. The first-order valence-corrected chi connectivity index (χ1v) is 4.49. The zero-order valence-corrected chi connectivity index (χ0v) is 8.18. The maximum Gasteiger partial charge on any atom is 0.158 e. The molecular weight excluding hydrogens is 152 g/mol. The van der Waals surface area contributed by atoms with Gasteiger partial charge in [-0.3, -0.25) is 4.79 Å². The Kier molecular flexibility index (Phi) is 5.43. The van der Waals surface area contributed by atoms with E-state index in [0.29, 0.717) is 12.0 Å². The molecule has 0 bridgehead atoms. The van der Waals surface area contributed by atoms with Gasteiger partial charge in [-0.2, -0.15) is 0 Å². The van der Waals surface area contributed by atoms with E-state index in [9.17, 15) is 9.90 Å². The minimum Gasteiger partial charge on any atom is -0.512 e. The molecular formula is C10H18O2. The summed E-state index contributed by atoms with van der Waals surface area (Å²) in [6.45, 7) is 5.26. The first kappa shape index (κ1) is 11.2. The van der Waals surface area contributed by atoms with Gasteiger partial charge >= 0.3 is 0 Å². The summed E-state index contributed by atoms with van der Waals surface area (Å²) in [7, 11) is 0. The number of hydrogen-bond acceptors (Lipinski definition) is 2. The summed E-state index contributed by atoms with van der Waals surface area (Å²) in [5.74, 6) is 0.222. The lowest BCUT2D eigenvalue weighted by Gasteiger charge is -2.02. The molecule has 0 rings (SSSR count). The van der Waals surface area contributed by atoms with Crippen LogP contribution in [0.25, 0.3) is 0 Å². The van der Waals surface area contributed by atoms with Crippen LogP contribution in [0.3, 0.4) is 0 Å². The zero-order valence-electron chi connectivity index (χ0n) is 8.18. The Morgan fingerprint density at radius 1 is 1.25 bits per heavy atom. The average molecular weight is 170 g/mol.